The van der Waals surface area contributed by atoms with Crippen molar-refractivity contribution in [1.82, 2.24) is 9.88 Å². The third kappa shape index (κ3) is 6.35. The van der Waals surface area contributed by atoms with E-state index in [1.807, 2.05) is 0 Å². The number of amides is 1. The number of hydrogen-bond acceptors (Lipinski definition) is 6. The second-order valence-electron chi connectivity index (χ2n) is 7.56. The van der Waals surface area contributed by atoms with Gasteiger partial charge in [-0.1, -0.05) is 6.07 Å². The minimum atomic E-state index is -4.78. The SMILES string of the molecule is O=C(c1csc(Nc2ccc(OC(F)(F)F)cc2)n1)N1CCN(c2cccc(C(F)(F)F)c2)CC1. The molecule has 1 amide bonds. The van der Waals surface area contributed by atoms with E-state index in [0.29, 0.717) is 42.7 Å². The summed E-state index contributed by atoms with van der Waals surface area (Å²) in [5.41, 5.74) is 0.377. The smallest absolute Gasteiger partial charge is 0.406 e. The summed E-state index contributed by atoms with van der Waals surface area (Å²) < 4.78 is 79.5. The minimum absolute atomic E-state index is 0.196. The molecule has 2 aromatic carbocycles. The van der Waals surface area contributed by atoms with Crippen LogP contribution in [0.25, 0.3) is 0 Å². The monoisotopic (exact) mass is 516 g/mol. The van der Waals surface area contributed by atoms with Crippen molar-refractivity contribution in [3.05, 3.63) is 65.2 Å². The van der Waals surface area contributed by atoms with Gasteiger partial charge in [0, 0.05) is 42.9 Å². The maximum Gasteiger partial charge on any atom is 0.573 e. The lowest BCUT2D eigenvalue weighted by Crippen LogP contribution is -2.48. The zero-order valence-corrected chi connectivity index (χ0v) is 18.7. The van der Waals surface area contributed by atoms with Crippen LogP contribution in [-0.2, 0) is 6.18 Å². The number of hydrogen-bond donors (Lipinski definition) is 1. The van der Waals surface area contributed by atoms with Crippen LogP contribution in [0.2, 0.25) is 0 Å². The van der Waals surface area contributed by atoms with Crippen molar-refractivity contribution in [1.29, 1.82) is 0 Å². The number of alkyl halides is 6. The lowest BCUT2D eigenvalue weighted by molar-refractivity contribution is -0.274. The van der Waals surface area contributed by atoms with Gasteiger partial charge >= 0.3 is 12.5 Å². The molecule has 0 spiro atoms. The molecule has 186 valence electrons. The van der Waals surface area contributed by atoms with Gasteiger partial charge in [-0.25, -0.2) is 4.98 Å². The first-order valence-electron chi connectivity index (χ1n) is 10.3. The quantitative estimate of drug-likeness (QED) is 0.437. The lowest BCUT2D eigenvalue weighted by Gasteiger charge is -2.36. The molecule has 1 saturated heterocycles. The molecule has 1 aliphatic heterocycles. The average molecular weight is 516 g/mol. The van der Waals surface area contributed by atoms with Crippen LogP contribution < -0.4 is 15.0 Å². The number of nitrogens with one attached hydrogen (secondary N) is 1. The first-order valence-corrected chi connectivity index (χ1v) is 11.2. The normalized spacial score (nSPS) is 14.7. The van der Waals surface area contributed by atoms with Crippen LogP contribution in [0.4, 0.5) is 42.8 Å². The van der Waals surface area contributed by atoms with E-state index in [2.05, 4.69) is 15.0 Å². The predicted molar refractivity (Wildman–Crippen MR) is 118 cm³/mol. The molecule has 0 bridgehead atoms. The van der Waals surface area contributed by atoms with Crippen molar-refractivity contribution in [3.63, 3.8) is 0 Å². The lowest BCUT2D eigenvalue weighted by atomic mass is 10.1. The topological polar surface area (TPSA) is 57.7 Å². The summed E-state index contributed by atoms with van der Waals surface area (Å²) in [4.78, 5) is 20.4. The molecule has 1 aromatic heterocycles. The van der Waals surface area contributed by atoms with Gasteiger partial charge in [-0.3, -0.25) is 4.79 Å². The van der Waals surface area contributed by atoms with Crippen LogP contribution in [0, 0.1) is 0 Å². The maximum absolute atomic E-state index is 13.0. The molecule has 0 saturated carbocycles. The first-order chi connectivity index (χ1) is 16.5. The fourth-order valence-electron chi connectivity index (χ4n) is 3.50. The van der Waals surface area contributed by atoms with Gasteiger partial charge in [-0.2, -0.15) is 13.2 Å². The molecular weight excluding hydrogens is 498 g/mol. The highest BCUT2D eigenvalue weighted by molar-refractivity contribution is 7.14. The van der Waals surface area contributed by atoms with E-state index >= 15 is 0 Å². The molecule has 2 heterocycles. The number of rotatable bonds is 5. The largest absolute Gasteiger partial charge is 0.573 e. The van der Waals surface area contributed by atoms with Gasteiger partial charge in [0.25, 0.3) is 5.91 Å². The van der Waals surface area contributed by atoms with Crippen molar-refractivity contribution < 1.29 is 35.9 Å². The molecular formula is C22H18F6N4O2S. The number of thiazole rings is 1. The Morgan fingerprint density at radius 3 is 2.29 bits per heavy atom. The molecule has 3 aromatic rings. The van der Waals surface area contributed by atoms with Crippen molar-refractivity contribution in [2.24, 2.45) is 0 Å². The molecule has 1 N–H and O–H groups in total. The van der Waals surface area contributed by atoms with E-state index in [1.54, 1.807) is 21.2 Å². The van der Waals surface area contributed by atoms with E-state index in [1.165, 1.54) is 18.2 Å². The third-order valence-corrected chi connectivity index (χ3v) is 5.93. The summed E-state index contributed by atoms with van der Waals surface area (Å²) in [6.07, 6.45) is -9.21. The standard InChI is InChI=1S/C22H18F6N4O2S/c23-21(24,25)14-2-1-3-16(12-14)31-8-10-32(11-9-31)19(33)18-13-35-20(30-18)29-15-4-6-17(7-5-15)34-22(26,27)28/h1-7,12-13H,8-11H2,(H,29,30). The third-order valence-electron chi connectivity index (χ3n) is 5.17. The first kappa shape index (κ1) is 24.6. The van der Waals surface area contributed by atoms with Crippen LogP contribution in [0.1, 0.15) is 16.1 Å². The van der Waals surface area contributed by atoms with Crippen molar-refractivity contribution in [3.8, 4) is 5.75 Å². The summed E-state index contributed by atoms with van der Waals surface area (Å²) in [5.74, 6) is -0.672. The summed E-state index contributed by atoms with van der Waals surface area (Å²) >= 11 is 1.15. The van der Waals surface area contributed by atoms with Gasteiger partial charge in [0.1, 0.15) is 11.4 Å². The number of halogens is 6. The van der Waals surface area contributed by atoms with E-state index in [-0.39, 0.29) is 17.4 Å². The maximum atomic E-state index is 13.0. The van der Waals surface area contributed by atoms with Gasteiger partial charge < -0.3 is 19.9 Å². The zero-order valence-electron chi connectivity index (χ0n) is 17.9. The van der Waals surface area contributed by atoms with Gasteiger partial charge in [-0.05, 0) is 42.5 Å². The second kappa shape index (κ2) is 9.64. The Labute approximate surface area is 199 Å². The molecule has 13 heteroatoms. The van der Waals surface area contributed by atoms with Crippen molar-refractivity contribution >= 4 is 33.8 Å². The van der Waals surface area contributed by atoms with Gasteiger partial charge in [0.2, 0.25) is 0 Å². The number of ether oxygens (including phenoxy) is 1. The van der Waals surface area contributed by atoms with Crippen molar-refractivity contribution in [2.75, 3.05) is 36.4 Å². The number of piperazine rings is 1. The Hall–Kier alpha value is -3.48. The molecule has 0 atom stereocenters. The van der Waals surface area contributed by atoms with Gasteiger partial charge in [0.15, 0.2) is 5.13 Å². The Morgan fingerprint density at radius 1 is 0.971 bits per heavy atom. The summed E-state index contributed by atoms with van der Waals surface area (Å²) in [7, 11) is 0. The second-order valence-corrected chi connectivity index (χ2v) is 8.42. The highest BCUT2D eigenvalue weighted by Crippen LogP contribution is 2.32. The van der Waals surface area contributed by atoms with E-state index < -0.39 is 18.1 Å². The summed E-state index contributed by atoms with van der Waals surface area (Å²) in [6, 6.07) is 10.1. The number of carbonyl (C=O) groups is 1. The fraction of sp³-hybridized carbons (Fsp3) is 0.273. The Morgan fingerprint density at radius 2 is 1.66 bits per heavy atom. The fourth-order valence-corrected chi connectivity index (χ4v) is 4.21. The molecule has 1 aliphatic rings. The molecule has 0 radical (unpaired) electrons. The van der Waals surface area contributed by atoms with Gasteiger partial charge in [0.05, 0.1) is 5.56 Å². The molecule has 0 aliphatic carbocycles. The Kier molecular flexibility index (Phi) is 6.79. The number of carbonyl (C=O) groups excluding carboxylic acids is 1. The number of aromatic nitrogens is 1. The van der Waals surface area contributed by atoms with Crippen LogP contribution in [0.3, 0.4) is 0 Å². The van der Waals surface area contributed by atoms with E-state index in [0.717, 1.165) is 35.6 Å². The molecule has 1 fully saturated rings. The van der Waals surface area contributed by atoms with Crippen LogP contribution in [0.5, 0.6) is 5.75 Å². The highest BCUT2D eigenvalue weighted by Gasteiger charge is 2.32. The van der Waals surface area contributed by atoms with Crippen LogP contribution in [-0.4, -0.2) is 48.3 Å². The minimum Gasteiger partial charge on any atom is -0.406 e. The summed E-state index contributed by atoms with van der Waals surface area (Å²) in [5, 5.41) is 4.85. The van der Waals surface area contributed by atoms with Crippen molar-refractivity contribution in [2.45, 2.75) is 12.5 Å². The average Bonchev–Trinajstić information content (AvgIpc) is 3.27. The van der Waals surface area contributed by atoms with Crippen LogP contribution in [0.15, 0.2) is 53.9 Å². The highest BCUT2D eigenvalue weighted by atomic mass is 32.1. The number of nitrogens with zero attached hydrogens (tertiary/aromatic N) is 3. The van der Waals surface area contributed by atoms with E-state index in [4.69, 9.17) is 0 Å². The zero-order chi connectivity index (χ0) is 25.2. The number of anilines is 3. The Balaban J connectivity index is 1.33. The molecule has 4 rings (SSSR count). The Bertz CT molecular complexity index is 1170. The molecule has 6 nitrogen and oxygen atoms in total. The van der Waals surface area contributed by atoms with E-state index in [9.17, 15) is 31.1 Å². The molecule has 35 heavy (non-hydrogen) atoms. The van der Waals surface area contributed by atoms with Gasteiger partial charge in [-0.15, -0.1) is 24.5 Å². The predicted octanol–water partition coefficient (Wildman–Crippen LogP) is 5.77. The number of benzene rings is 2. The molecule has 0 unspecified atom stereocenters. The summed E-state index contributed by atoms with van der Waals surface area (Å²) in [6.45, 7) is 1.37. The van der Waals surface area contributed by atoms with Crippen LogP contribution >= 0.6 is 11.3 Å².